The highest BCUT2D eigenvalue weighted by Crippen LogP contribution is 2.32. The first kappa shape index (κ1) is 22.3. The van der Waals surface area contributed by atoms with E-state index >= 15 is 0 Å². The minimum absolute atomic E-state index is 0.0624. The van der Waals surface area contributed by atoms with Crippen molar-refractivity contribution in [1.29, 1.82) is 0 Å². The van der Waals surface area contributed by atoms with Gasteiger partial charge < -0.3 is 19.3 Å². The largest absolute Gasteiger partial charge is 0.347 e. The van der Waals surface area contributed by atoms with Crippen molar-refractivity contribution in [3.05, 3.63) is 23.8 Å². The molecule has 168 valence electrons. The van der Waals surface area contributed by atoms with Crippen molar-refractivity contribution in [3.8, 4) is 0 Å². The second-order valence-electron chi connectivity index (χ2n) is 8.17. The van der Waals surface area contributed by atoms with Gasteiger partial charge in [0.1, 0.15) is 0 Å². The lowest BCUT2D eigenvalue weighted by Gasteiger charge is -2.38. The van der Waals surface area contributed by atoms with Gasteiger partial charge in [-0.2, -0.15) is 0 Å². The molecule has 0 saturated carbocycles. The number of allylic oxidation sites excluding steroid dienone is 1. The Morgan fingerprint density at radius 3 is 2.58 bits per heavy atom. The Bertz CT molecular complexity index is 832. The highest BCUT2D eigenvalue weighted by molar-refractivity contribution is 7.80. The smallest absolute Gasteiger partial charge is 0.253 e. The van der Waals surface area contributed by atoms with Crippen molar-refractivity contribution in [2.75, 3.05) is 52.5 Å². The third-order valence-electron chi connectivity index (χ3n) is 6.49. The molecule has 1 atom stereocenters. The maximum Gasteiger partial charge on any atom is 0.253 e. The summed E-state index contributed by atoms with van der Waals surface area (Å²) in [6, 6.07) is 0. The van der Waals surface area contributed by atoms with Crippen LogP contribution in [-0.2, 0) is 19.1 Å². The standard InChI is InChI=1S/C22H30N4O4S/c1-3-24(4-2)11-12-26-20(28)17-6-5-16(15-18(17)23-21(26)31)19(27)25-9-7-22(8-10-25)29-13-14-30-22/h5-6,15,17H,3-4,7-14H2,1-2H3. The van der Waals surface area contributed by atoms with Crippen molar-refractivity contribution in [1.82, 2.24) is 14.7 Å². The van der Waals surface area contributed by atoms with Gasteiger partial charge in [-0.25, -0.2) is 4.99 Å². The molecule has 4 rings (SSSR count). The van der Waals surface area contributed by atoms with Gasteiger partial charge in [-0.1, -0.05) is 26.0 Å². The number of aliphatic imine (C=N–C) groups is 1. The average molecular weight is 447 g/mol. The van der Waals surface area contributed by atoms with E-state index in [0.29, 0.717) is 57.0 Å². The van der Waals surface area contributed by atoms with Gasteiger partial charge in [-0.05, 0) is 31.4 Å². The fraction of sp³-hybridized carbons (Fsp3) is 0.636. The molecule has 2 amide bonds. The summed E-state index contributed by atoms with van der Waals surface area (Å²) in [4.78, 5) is 36.2. The van der Waals surface area contributed by atoms with Crippen molar-refractivity contribution in [2.24, 2.45) is 10.9 Å². The number of nitrogens with zero attached hydrogens (tertiary/aromatic N) is 4. The van der Waals surface area contributed by atoms with Gasteiger partial charge in [0, 0.05) is 44.6 Å². The normalized spacial score (nSPS) is 25.2. The molecule has 3 aliphatic heterocycles. The summed E-state index contributed by atoms with van der Waals surface area (Å²) in [5, 5.41) is 0.275. The number of piperidine rings is 1. The number of likely N-dealkylation sites (tertiary alicyclic amines) is 1. The zero-order chi connectivity index (χ0) is 22.0. The van der Waals surface area contributed by atoms with Crippen LogP contribution in [0.2, 0.25) is 0 Å². The van der Waals surface area contributed by atoms with Crippen molar-refractivity contribution < 1.29 is 19.1 Å². The fourth-order valence-corrected chi connectivity index (χ4v) is 4.76. The van der Waals surface area contributed by atoms with Crippen LogP contribution in [0.1, 0.15) is 26.7 Å². The van der Waals surface area contributed by atoms with E-state index < -0.39 is 11.7 Å². The Hall–Kier alpha value is -1.94. The van der Waals surface area contributed by atoms with Crippen LogP contribution in [-0.4, -0.2) is 95.6 Å². The number of rotatable bonds is 6. The maximum absolute atomic E-state index is 13.0. The molecular formula is C22H30N4O4S. The number of carbonyl (C=O) groups excluding carboxylic acids is 2. The van der Waals surface area contributed by atoms with Gasteiger partial charge in [0.15, 0.2) is 5.79 Å². The van der Waals surface area contributed by atoms with Gasteiger partial charge >= 0.3 is 0 Å². The van der Waals surface area contributed by atoms with E-state index in [0.717, 1.165) is 19.6 Å². The molecule has 1 aliphatic carbocycles. The van der Waals surface area contributed by atoms with Gasteiger partial charge in [0.05, 0.1) is 24.8 Å². The Morgan fingerprint density at radius 2 is 1.94 bits per heavy atom. The fourth-order valence-electron chi connectivity index (χ4n) is 4.48. The summed E-state index contributed by atoms with van der Waals surface area (Å²) in [5.41, 5.74) is 1.09. The van der Waals surface area contributed by atoms with E-state index in [1.165, 1.54) is 0 Å². The number of fused-ring (bicyclic) bond motifs is 1. The van der Waals surface area contributed by atoms with Crippen LogP contribution in [0.5, 0.6) is 0 Å². The quantitative estimate of drug-likeness (QED) is 0.574. The molecule has 0 radical (unpaired) electrons. The Balaban J connectivity index is 1.42. The van der Waals surface area contributed by atoms with Crippen molar-refractivity contribution in [3.63, 3.8) is 0 Å². The first-order valence-corrected chi connectivity index (χ1v) is 11.5. The molecule has 31 heavy (non-hydrogen) atoms. The summed E-state index contributed by atoms with van der Waals surface area (Å²) < 4.78 is 11.5. The second-order valence-corrected chi connectivity index (χ2v) is 8.54. The van der Waals surface area contributed by atoms with E-state index in [2.05, 4.69) is 23.7 Å². The summed E-state index contributed by atoms with van der Waals surface area (Å²) >= 11 is 5.41. The van der Waals surface area contributed by atoms with Gasteiger partial charge in [0.2, 0.25) is 11.0 Å². The average Bonchev–Trinajstić information content (AvgIpc) is 3.23. The molecule has 1 spiro atoms. The van der Waals surface area contributed by atoms with Crippen molar-refractivity contribution >= 4 is 34.9 Å². The van der Waals surface area contributed by atoms with Crippen LogP contribution < -0.4 is 0 Å². The molecule has 9 heteroatoms. The molecule has 0 aromatic rings. The third-order valence-corrected chi connectivity index (χ3v) is 6.80. The number of thiocarbonyl (C=S) groups is 1. The molecule has 0 aromatic carbocycles. The van der Waals surface area contributed by atoms with E-state index in [9.17, 15) is 9.59 Å². The van der Waals surface area contributed by atoms with E-state index in [4.69, 9.17) is 21.7 Å². The van der Waals surface area contributed by atoms with Crippen LogP contribution in [0.3, 0.4) is 0 Å². The lowest BCUT2D eigenvalue weighted by molar-refractivity contribution is -0.186. The number of amides is 2. The SMILES string of the molecule is CCN(CC)CCN1C(=O)C2C=CC(C(=O)N3CCC4(CC3)OCCO4)=CC2=NC1=S. The Labute approximate surface area is 188 Å². The van der Waals surface area contributed by atoms with Crippen LogP contribution in [0.25, 0.3) is 0 Å². The molecule has 0 aromatic heterocycles. The minimum atomic E-state index is -0.515. The van der Waals surface area contributed by atoms with Gasteiger partial charge in [-0.15, -0.1) is 0 Å². The molecule has 8 nitrogen and oxygen atoms in total. The monoisotopic (exact) mass is 446 g/mol. The third kappa shape index (κ3) is 4.50. The van der Waals surface area contributed by atoms with Crippen LogP contribution >= 0.6 is 12.2 Å². The van der Waals surface area contributed by atoms with Crippen molar-refractivity contribution in [2.45, 2.75) is 32.5 Å². The molecule has 1 unspecified atom stereocenters. The molecule has 2 saturated heterocycles. The number of likely N-dealkylation sites (N-methyl/N-ethyl adjacent to an activating group) is 1. The highest BCUT2D eigenvalue weighted by atomic mass is 32.1. The Morgan fingerprint density at radius 1 is 1.26 bits per heavy atom. The summed E-state index contributed by atoms with van der Waals surface area (Å²) in [5.74, 6) is -1.13. The summed E-state index contributed by atoms with van der Waals surface area (Å²) in [7, 11) is 0. The molecule has 3 heterocycles. The Kier molecular flexibility index (Phi) is 6.66. The topological polar surface area (TPSA) is 74.7 Å². The van der Waals surface area contributed by atoms with E-state index in [1.807, 2.05) is 4.90 Å². The van der Waals surface area contributed by atoms with Crippen LogP contribution in [0.15, 0.2) is 28.8 Å². The summed E-state index contributed by atoms with van der Waals surface area (Å²) in [6.45, 7) is 9.71. The first-order chi connectivity index (χ1) is 15.0. The molecule has 4 aliphatic rings. The molecule has 0 N–H and O–H groups in total. The number of carbonyl (C=O) groups is 2. The second kappa shape index (κ2) is 9.28. The summed E-state index contributed by atoms with van der Waals surface area (Å²) in [6.07, 6.45) is 6.57. The zero-order valence-electron chi connectivity index (χ0n) is 18.2. The number of ether oxygens (including phenoxy) is 2. The zero-order valence-corrected chi connectivity index (χ0v) is 19.0. The van der Waals surface area contributed by atoms with Crippen LogP contribution in [0, 0.1) is 5.92 Å². The first-order valence-electron chi connectivity index (χ1n) is 11.1. The maximum atomic E-state index is 13.0. The molecule has 2 fully saturated rings. The number of hydrogen-bond donors (Lipinski definition) is 0. The lowest BCUT2D eigenvalue weighted by atomic mass is 9.91. The minimum Gasteiger partial charge on any atom is -0.347 e. The van der Waals surface area contributed by atoms with Gasteiger partial charge in [-0.3, -0.25) is 14.5 Å². The predicted octanol–water partition coefficient (Wildman–Crippen LogP) is 1.37. The van der Waals surface area contributed by atoms with Crippen LogP contribution in [0.4, 0.5) is 0 Å². The van der Waals surface area contributed by atoms with Gasteiger partial charge in [0.25, 0.3) is 5.91 Å². The van der Waals surface area contributed by atoms with E-state index in [1.54, 1.807) is 23.1 Å². The van der Waals surface area contributed by atoms with E-state index in [-0.39, 0.29) is 16.9 Å². The lowest BCUT2D eigenvalue weighted by Crippen LogP contribution is -2.49. The number of hydrogen-bond acceptors (Lipinski definition) is 6. The molecule has 0 bridgehead atoms. The molecular weight excluding hydrogens is 416 g/mol. The highest BCUT2D eigenvalue weighted by Gasteiger charge is 2.41. The predicted molar refractivity (Wildman–Crippen MR) is 121 cm³/mol.